The minimum atomic E-state index is -0.532. The zero-order chi connectivity index (χ0) is 18.5. The number of carbonyl (C=O) groups is 1. The van der Waals surface area contributed by atoms with Gasteiger partial charge in [-0.05, 0) is 56.1 Å². The van der Waals surface area contributed by atoms with E-state index in [2.05, 4.69) is 10.2 Å². The van der Waals surface area contributed by atoms with Crippen molar-refractivity contribution in [1.29, 1.82) is 0 Å². The van der Waals surface area contributed by atoms with Crippen LogP contribution in [-0.4, -0.2) is 28.8 Å². The molecule has 0 spiro atoms. The second-order valence-electron chi connectivity index (χ2n) is 6.71. The number of rotatable bonds is 5. The molecule has 1 fully saturated rings. The molecule has 6 heteroatoms. The molecule has 1 aliphatic heterocycles. The lowest BCUT2D eigenvalue weighted by atomic mass is 10.00. The second-order valence-corrected chi connectivity index (χ2v) is 6.71. The average Bonchev–Trinajstić information content (AvgIpc) is 2.63. The number of benzene rings is 2. The van der Waals surface area contributed by atoms with Crippen molar-refractivity contribution in [2.75, 3.05) is 18.4 Å². The van der Waals surface area contributed by atoms with E-state index in [0.717, 1.165) is 43.6 Å². The molecule has 0 aliphatic carbocycles. The molecule has 0 aromatic heterocycles. The van der Waals surface area contributed by atoms with Crippen LogP contribution in [0.4, 0.5) is 11.4 Å². The highest BCUT2D eigenvalue weighted by atomic mass is 16.6. The van der Waals surface area contributed by atoms with E-state index in [0.29, 0.717) is 5.56 Å². The second kappa shape index (κ2) is 8.10. The Hall–Kier alpha value is -2.73. The van der Waals surface area contributed by atoms with Crippen molar-refractivity contribution in [1.82, 2.24) is 4.90 Å². The lowest BCUT2D eigenvalue weighted by molar-refractivity contribution is -0.384. The third-order valence-electron chi connectivity index (χ3n) is 4.69. The molecule has 1 amide bonds. The molecule has 2 aromatic rings. The fourth-order valence-corrected chi connectivity index (χ4v) is 3.45. The van der Waals surface area contributed by atoms with Gasteiger partial charge in [-0.15, -0.1) is 0 Å². The van der Waals surface area contributed by atoms with Crippen molar-refractivity contribution < 1.29 is 9.72 Å². The number of aryl methyl sites for hydroxylation is 1. The first kappa shape index (κ1) is 18.1. The zero-order valence-electron chi connectivity index (χ0n) is 14.9. The van der Waals surface area contributed by atoms with E-state index in [1.165, 1.54) is 12.1 Å². The van der Waals surface area contributed by atoms with Gasteiger partial charge in [0.2, 0.25) is 5.91 Å². The van der Waals surface area contributed by atoms with E-state index < -0.39 is 11.0 Å². The molecule has 1 aliphatic rings. The Morgan fingerprint density at radius 1 is 1.12 bits per heavy atom. The summed E-state index contributed by atoms with van der Waals surface area (Å²) in [5.41, 5.74) is 2.47. The Balaban J connectivity index is 1.91. The quantitative estimate of drug-likeness (QED) is 0.649. The number of likely N-dealkylation sites (tertiary alicyclic amines) is 1. The van der Waals surface area contributed by atoms with Crippen LogP contribution < -0.4 is 5.32 Å². The molecule has 136 valence electrons. The fraction of sp³-hybridized carbons (Fsp3) is 0.350. The van der Waals surface area contributed by atoms with Gasteiger partial charge in [-0.2, -0.15) is 0 Å². The number of hydrogen-bond acceptors (Lipinski definition) is 4. The van der Waals surface area contributed by atoms with Crippen LogP contribution >= 0.6 is 0 Å². The summed E-state index contributed by atoms with van der Waals surface area (Å²) in [5.74, 6) is -0.155. The van der Waals surface area contributed by atoms with E-state index in [9.17, 15) is 14.9 Å². The minimum absolute atomic E-state index is 0.00728. The number of nitrogens with zero attached hydrogens (tertiary/aromatic N) is 2. The predicted molar refractivity (Wildman–Crippen MR) is 101 cm³/mol. The van der Waals surface area contributed by atoms with E-state index >= 15 is 0 Å². The highest BCUT2D eigenvalue weighted by Gasteiger charge is 2.30. The Morgan fingerprint density at radius 2 is 1.85 bits per heavy atom. The molecule has 6 nitrogen and oxygen atoms in total. The SMILES string of the molecule is Cc1cccc(NC(=O)[C@H](c2cccc([N+](=O)[O-])c2)N2CCCCC2)c1. The maximum Gasteiger partial charge on any atom is 0.269 e. The molecule has 1 atom stereocenters. The molecule has 3 rings (SSSR count). The van der Waals surface area contributed by atoms with E-state index in [4.69, 9.17) is 0 Å². The monoisotopic (exact) mass is 353 g/mol. The third kappa shape index (κ3) is 4.26. The van der Waals surface area contributed by atoms with E-state index in [1.807, 2.05) is 31.2 Å². The Kier molecular flexibility index (Phi) is 5.63. The molecule has 2 aromatic carbocycles. The highest BCUT2D eigenvalue weighted by molar-refractivity contribution is 5.95. The summed E-state index contributed by atoms with van der Waals surface area (Å²) in [6.07, 6.45) is 3.21. The molecular formula is C20H23N3O3. The predicted octanol–water partition coefficient (Wildman–Crippen LogP) is 4.07. The average molecular weight is 353 g/mol. The molecule has 26 heavy (non-hydrogen) atoms. The maximum atomic E-state index is 13.1. The summed E-state index contributed by atoms with van der Waals surface area (Å²) < 4.78 is 0. The van der Waals surface area contributed by atoms with Gasteiger partial charge in [0.25, 0.3) is 5.69 Å². The van der Waals surface area contributed by atoms with Gasteiger partial charge in [0.05, 0.1) is 4.92 Å². The number of nitrogens with one attached hydrogen (secondary N) is 1. The lowest BCUT2D eigenvalue weighted by Gasteiger charge is -2.33. The van der Waals surface area contributed by atoms with Crippen molar-refractivity contribution in [3.05, 3.63) is 69.8 Å². The molecule has 0 bridgehead atoms. The number of non-ortho nitro benzene ring substituents is 1. The van der Waals surface area contributed by atoms with Crippen molar-refractivity contribution in [2.45, 2.75) is 32.2 Å². The number of amides is 1. The Bertz CT molecular complexity index is 800. The first-order valence-electron chi connectivity index (χ1n) is 8.90. The topological polar surface area (TPSA) is 75.5 Å². The number of nitro groups is 1. The molecule has 0 unspecified atom stereocenters. The van der Waals surface area contributed by atoms with Crippen LogP contribution in [0, 0.1) is 17.0 Å². The van der Waals surface area contributed by atoms with Crippen LogP contribution in [0.5, 0.6) is 0 Å². The number of nitro benzene ring substituents is 1. The van der Waals surface area contributed by atoms with Gasteiger partial charge in [0.15, 0.2) is 0 Å². The largest absolute Gasteiger partial charge is 0.324 e. The van der Waals surface area contributed by atoms with Gasteiger partial charge in [0.1, 0.15) is 6.04 Å². The maximum absolute atomic E-state index is 13.1. The molecule has 1 N–H and O–H groups in total. The normalized spacial score (nSPS) is 16.0. The summed E-state index contributed by atoms with van der Waals surface area (Å²) in [7, 11) is 0. The summed E-state index contributed by atoms with van der Waals surface area (Å²) in [6.45, 7) is 3.60. The van der Waals surface area contributed by atoms with Gasteiger partial charge in [-0.1, -0.05) is 30.7 Å². The van der Waals surface area contributed by atoms with Crippen molar-refractivity contribution in [3.63, 3.8) is 0 Å². The number of piperidine rings is 1. The van der Waals surface area contributed by atoms with Gasteiger partial charge >= 0.3 is 0 Å². The number of hydrogen-bond donors (Lipinski definition) is 1. The van der Waals surface area contributed by atoms with Crippen LogP contribution in [0.1, 0.15) is 36.4 Å². The molecule has 1 saturated heterocycles. The Labute approximate surface area is 153 Å². The van der Waals surface area contributed by atoms with Crippen molar-refractivity contribution in [2.24, 2.45) is 0 Å². The molecule has 1 heterocycles. The van der Waals surface area contributed by atoms with Crippen LogP contribution in [0.25, 0.3) is 0 Å². The first-order chi connectivity index (χ1) is 12.5. The van der Waals surface area contributed by atoms with Gasteiger partial charge in [-0.3, -0.25) is 19.8 Å². The standard InChI is InChI=1S/C20H23N3O3/c1-15-7-5-9-17(13-15)21-20(24)19(22-11-3-2-4-12-22)16-8-6-10-18(14-16)23(25)26/h5-10,13-14,19H,2-4,11-12H2,1H3,(H,21,24)/t19-/m0/s1. The van der Waals surface area contributed by atoms with Crippen LogP contribution in [0.2, 0.25) is 0 Å². The summed E-state index contributed by atoms with van der Waals surface area (Å²) in [5, 5.41) is 14.1. The summed E-state index contributed by atoms with van der Waals surface area (Å²) >= 11 is 0. The summed E-state index contributed by atoms with van der Waals surface area (Å²) in [6, 6.07) is 13.5. The minimum Gasteiger partial charge on any atom is -0.324 e. The van der Waals surface area contributed by atoms with Crippen LogP contribution in [0.3, 0.4) is 0 Å². The van der Waals surface area contributed by atoms with E-state index in [-0.39, 0.29) is 11.6 Å². The van der Waals surface area contributed by atoms with Gasteiger partial charge < -0.3 is 5.32 Å². The van der Waals surface area contributed by atoms with Gasteiger partial charge in [-0.25, -0.2) is 0 Å². The number of carbonyl (C=O) groups excluding carboxylic acids is 1. The lowest BCUT2D eigenvalue weighted by Crippen LogP contribution is -2.40. The van der Waals surface area contributed by atoms with E-state index in [1.54, 1.807) is 12.1 Å². The fourth-order valence-electron chi connectivity index (χ4n) is 3.45. The van der Waals surface area contributed by atoms with Crippen molar-refractivity contribution in [3.8, 4) is 0 Å². The molecule has 0 saturated carbocycles. The van der Waals surface area contributed by atoms with Gasteiger partial charge in [0, 0.05) is 17.8 Å². The first-order valence-corrected chi connectivity index (χ1v) is 8.90. The molecule has 0 radical (unpaired) electrons. The van der Waals surface area contributed by atoms with Crippen LogP contribution in [0.15, 0.2) is 48.5 Å². The molecular weight excluding hydrogens is 330 g/mol. The van der Waals surface area contributed by atoms with Crippen LogP contribution in [-0.2, 0) is 4.79 Å². The van der Waals surface area contributed by atoms with Crippen molar-refractivity contribution >= 4 is 17.3 Å². The summed E-state index contributed by atoms with van der Waals surface area (Å²) in [4.78, 5) is 25.9. The Morgan fingerprint density at radius 3 is 2.54 bits per heavy atom. The zero-order valence-corrected chi connectivity index (χ0v) is 14.9. The number of anilines is 1. The third-order valence-corrected chi connectivity index (χ3v) is 4.69. The smallest absolute Gasteiger partial charge is 0.269 e. The highest BCUT2D eigenvalue weighted by Crippen LogP contribution is 2.28.